The number of anilines is 2. The molecular formula is C19H18N4O3. The van der Waals surface area contributed by atoms with Crippen LogP contribution in [0.25, 0.3) is 0 Å². The molecule has 1 aliphatic rings. The highest BCUT2D eigenvalue weighted by Gasteiger charge is 2.23. The first-order chi connectivity index (χ1) is 12.8. The Balaban J connectivity index is 1.31. The van der Waals surface area contributed by atoms with Crippen LogP contribution in [-0.2, 0) is 0 Å². The summed E-state index contributed by atoms with van der Waals surface area (Å²) >= 11 is 0. The lowest BCUT2D eigenvalue weighted by Crippen LogP contribution is -2.19. The first-order valence-electron chi connectivity index (χ1n) is 8.49. The third kappa shape index (κ3) is 3.83. The van der Waals surface area contributed by atoms with Gasteiger partial charge in [-0.25, -0.2) is 4.79 Å². The second-order valence-electron chi connectivity index (χ2n) is 6.13. The largest absolute Gasteiger partial charge is 0.457 e. The van der Waals surface area contributed by atoms with Crippen LogP contribution < -0.4 is 15.4 Å². The van der Waals surface area contributed by atoms with Crippen LogP contribution in [0.4, 0.5) is 16.4 Å². The van der Waals surface area contributed by atoms with Crippen LogP contribution in [0.15, 0.2) is 59.4 Å². The van der Waals surface area contributed by atoms with Crippen molar-refractivity contribution in [2.45, 2.75) is 25.2 Å². The third-order valence-corrected chi connectivity index (χ3v) is 4.29. The van der Waals surface area contributed by atoms with Gasteiger partial charge in [0.2, 0.25) is 5.88 Å². The second kappa shape index (κ2) is 7.26. The summed E-state index contributed by atoms with van der Waals surface area (Å²) < 4.78 is 10.9. The molecule has 0 atom stereocenters. The zero-order valence-corrected chi connectivity index (χ0v) is 14.0. The average Bonchev–Trinajstić information content (AvgIpc) is 3.03. The number of pyridine rings is 1. The number of nitrogens with zero attached hydrogens (tertiary/aromatic N) is 2. The van der Waals surface area contributed by atoms with Gasteiger partial charge in [-0.3, -0.25) is 10.3 Å². The van der Waals surface area contributed by atoms with Crippen molar-refractivity contribution in [1.29, 1.82) is 0 Å². The predicted molar refractivity (Wildman–Crippen MR) is 96.5 cm³/mol. The topological polar surface area (TPSA) is 89.3 Å². The van der Waals surface area contributed by atoms with Crippen LogP contribution in [-0.4, -0.2) is 16.2 Å². The molecule has 2 heterocycles. The quantitative estimate of drug-likeness (QED) is 0.691. The Bertz CT molecular complexity index is 873. The highest BCUT2D eigenvalue weighted by molar-refractivity contribution is 5.98. The predicted octanol–water partition coefficient (Wildman–Crippen LogP) is 4.77. The molecule has 2 N–H and O–H groups in total. The van der Waals surface area contributed by atoms with Gasteiger partial charge in [0.15, 0.2) is 0 Å². The van der Waals surface area contributed by atoms with Crippen molar-refractivity contribution in [3.63, 3.8) is 0 Å². The SMILES string of the molecule is O=C(Nc1ccc(Oc2ccncc2)cc1)Nc1cc(C2CCC2)no1. The van der Waals surface area contributed by atoms with E-state index in [4.69, 9.17) is 9.26 Å². The van der Waals surface area contributed by atoms with Crippen LogP contribution >= 0.6 is 0 Å². The average molecular weight is 350 g/mol. The standard InChI is InChI=1S/C19H18N4O3/c24-19(22-18-12-17(23-26-18)13-2-1-3-13)21-14-4-6-15(7-5-14)25-16-8-10-20-11-9-16/h4-13H,1-3H2,(H2,21,22,24). The van der Waals surface area contributed by atoms with Crippen LogP contribution in [0.1, 0.15) is 30.9 Å². The summed E-state index contributed by atoms with van der Waals surface area (Å²) in [6.07, 6.45) is 6.81. The van der Waals surface area contributed by atoms with Crippen molar-refractivity contribution in [3.8, 4) is 11.5 Å². The summed E-state index contributed by atoms with van der Waals surface area (Å²) in [4.78, 5) is 16.0. The summed E-state index contributed by atoms with van der Waals surface area (Å²) in [5.74, 6) is 2.18. The molecule has 1 fully saturated rings. The Labute approximate surface area is 150 Å². The summed E-state index contributed by atoms with van der Waals surface area (Å²) in [5.41, 5.74) is 1.55. The lowest BCUT2D eigenvalue weighted by atomic mass is 9.83. The number of nitrogens with one attached hydrogen (secondary N) is 2. The highest BCUT2D eigenvalue weighted by atomic mass is 16.5. The van der Waals surface area contributed by atoms with Gasteiger partial charge in [-0.1, -0.05) is 11.6 Å². The minimum absolute atomic E-state index is 0.349. The number of hydrogen-bond acceptors (Lipinski definition) is 5. The number of hydrogen-bond donors (Lipinski definition) is 2. The van der Waals surface area contributed by atoms with Crippen molar-refractivity contribution < 1.29 is 14.1 Å². The van der Waals surface area contributed by atoms with Gasteiger partial charge >= 0.3 is 6.03 Å². The van der Waals surface area contributed by atoms with Gasteiger partial charge in [-0.15, -0.1) is 0 Å². The normalized spacial score (nSPS) is 13.7. The molecule has 0 spiro atoms. The minimum atomic E-state index is -0.385. The van der Waals surface area contributed by atoms with Crippen LogP contribution in [0.5, 0.6) is 11.5 Å². The van der Waals surface area contributed by atoms with Crippen molar-refractivity contribution >= 4 is 17.6 Å². The van der Waals surface area contributed by atoms with E-state index in [1.54, 1.807) is 54.9 Å². The first kappa shape index (κ1) is 16.1. The summed E-state index contributed by atoms with van der Waals surface area (Å²) in [6, 6.07) is 12.0. The fraction of sp³-hybridized carbons (Fsp3) is 0.211. The second-order valence-corrected chi connectivity index (χ2v) is 6.13. The van der Waals surface area contributed by atoms with Gasteiger partial charge in [-0.2, -0.15) is 0 Å². The number of carbonyl (C=O) groups is 1. The molecule has 0 bridgehead atoms. The van der Waals surface area contributed by atoms with Gasteiger partial charge in [0.05, 0.1) is 5.69 Å². The molecule has 2 amide bonds. The van der Waals surface area contributed by atoms with Crippen molar-refractivity contribution in [2.24, 2.45) is 0 Å². The van der Waals surface area contributed by atoms with Crippen LogP contribution in [0.2, 0.25) is 0 Å². The Morgan fingerprint density at radius 2 is 1.77 bits per heavy atom. The van der Waals surface area contributed by atoms with Gasteiger partial charge < -0.3 is 14.6 Å². The molecule has 26 heavy (non-hydrogen) atoms. The maximum absolute atomic E-state index is 12.1. The van der Waals surface area contributed by atoms with Crippen molar-refractivity contribution in [3.05, 3.63) is 60.6 Å². The zero-order valence-electron chi connectivity index (χ0n) is 14.0. The fourth-order valence-electron chi connectivity index (χ4n) is 2.67. The lowest BCUT2D eigenvalue weighted by Gasteiger charge is -2.22. The lowest BCUT2D eigenvalue weighted by molar-refractivity contribution is 0.261. The van der Waals surface area contributed by atoms with Crippen LogP contribution in [0.3, 0.4) is 0 Å². The molecular weight excluding hydrogens is 332 g/mol. The van der Waals surface area contributed by atoms with Gasteiger partial charge in [0.1, 0.15) is 11.5 Å². The number of carbonyl (C=O) groups excluding carboxylic acids is 1. The van der Waals surface area contributed by atoms with Crippen LogP contribution in [0, 0.1) is 0 Å². The molecule has 0 unspecified atom stereocenters. The first-order valence-corrected chi connectivity index (χ1v) is 8.49. The fourth-order valence-corrected chi connectivity index (χ4v) is 2.67. The van der Waals surface area contributed by atoms with E-state index in [9.17, 15) is 4.79 Å². The van der Waals surface area contributed by atoms with Gasteiger partial charge in [-0.05, 0) is 49.2 Å². The highest BCUT2D eigenvalue weighted by Crippen LogP contribution is 2.36. The van der Waals surface area contributed by atoms with E-state index in [2.05, 4.69) is 20.8 Å². The number of urea groups is 1. The molecule has 0 aliphatic heterocycles. The van der Waals surface area contributed by atoms with E-state index in [1.807, 2.05) is 0 Å². The van der Waals surface area contributed by atoms with Crippen molar-refractivity contribution in [1.82, 2.24) is 10.1 Å². The molecule has 1 saturated carbocycles. The molecule has 7 nitrogen and oxygen atoms in total. The van der Waals surface area contributed by atoms with E-state index in [-0.39, 0.29) is 6.03 Å². The minimum Gasteiger partial charge on any atom is -0.457 e. The molecule has 1 aromatic carbocycles. The van der Waals surface area contributed by atoms with E-state index in [1.165, 1.54) is 6.42 Å². The Morgan fingerprint density at radius 3 is 2.46 bits per heavy atom. The number of ether oxygens (including phenoxy) is 1. The Kier molecular flexibility index (Phi) is 4.51. The smallest absolute Gasteiger partial charge is 0.326 e. The number of aromatic nitrogens is 2. The maximum atomic E-state index is 12.1. The number of benzene rings is 1. The van der Waals surface area contributed by atoms with E-state index >= 15 is 0 Å². The molecule has 3 aromatic rings. The number of amides is 2. The molecule has 4 rings (SSSR count). The third-order valence-electron chi connectivity index (χ3n) is 4.29. The molecule has 1 aliphatic carbocycles. The molecule has 2 aromatic heterocycles. The summed E-state index contributed by atoms with van der Waals surface area (Å²) in [5, 5.41) is 9.41. The van der Waals surface area contributed by atoms with Crippen molar-refractivity contribution in [2.75, 3.05) is 10.6 Å². The Morgan fingerprint density at radius 1 is 1.04 bits per heavy atom. The number of rotatable bonds is 5. The van der Waals surface area contributed by atoms with E-state index in [0.717, 1.165) is 18.5 Å². The molecule has 0 saturated heterocycles. The zero-order chi connectivity index (χ0) is 17.8. The van der Waals surface area contributed by atoms with Gasteiger partial charge in [0, 0.05) is 30.1 Å². The van der Waals surface area contributed by atoms with E-state index in [0.29, 0.717) is 29.0 Å². The van der Waals surface area contributed by atoms with E-state index < -0.39 is 0 Å². The molecule has 7 heteroatoms. The Hall–Kier alpha value is -3.35. The molecule has 0 radical (unpaired) electrons. The maximum Gasteiger partial charge on any atom is 0.326 e. The summed E-state index contributed by atoms with van der Waals surface area (Å²) in [7, 11) is 0. The monoisotopic (exact) mass is 350 g/mol. The van der Waals surface area contributed by atoms with Gasteiger partial charge in [0.25, 0.3) is 0 Å². The molecule has 132 valence electrons. The summed E-state index contributed by atoms with van der Waals surface area (Å²) in [6.45, 7) is 0.